The Kier molecular flexibility index (Phi) is 6.78. The molecular weight excluding hydrogens is 524 g/mol. The minimum absolute atomic E-state index is 0.178. The maximum absolute atomic E-state index is 5.88. The fourth-order valence-electron chi connectivity index (χ4n) is 4.94. The van der Waals surface area contributed by atoms with Crippen LogP contribution in [0.2, 0.25) is 0 Å². The highest BCUT2D eigenvalue weighted by Gasteiger charge is 2.35. The van der Waals surface area contributed by atoms with Crippen molar-refractivity contribution in [2.45, 2.75) is 62.4 Å². The second-order valence-electron chi connectivity index (χ2n) is 11.5. The van der Waals surface area contributed by atoms with Crippen molar-refractivity contribution in [1.82, 2.24) is 0 Å². The number of aliphatic imine (C=N–C) groups is 2. The Morgan fingerprint density at radius 1 is 0.730 bits per heavy atom. The van der Waals surface area contributed by atoms with E-state index < -0.39 is 0 Å². The fraction of sp³-hybridized carbons (Fsp3) is 0.375. The van der Waals surface area contributed by atoms with Crippen LogP contribution in [0.3, 0.4) is 0 Å². The molecular formula is C32H35BrN2O2. The minimum Gasteiger partial charge on any atom is -0.475 e. The number of nitrogens with zero attached hydrogens (tertiary/aromatic N) is 2. The van der Waals surface area contributed by atoms with E-state index in [4.69, 9.17) is 19.5 Å². The number of ether oxygens (including phenoxy) is 2. The molecule has 0 saturated carbocycles. The largest absolute Gasteiger partial charge is 0.475 e. The summed E-state index contributed by atoms with van der Waals surface area (Å²) in [7, 11) is 0. The molecule has 0 radical (unpaired) electrons. The van der Waals surface area contributed by atoms with Crippen molar-refractivity contribution < 1.29 is 9.47 Å². The summed E-state index contributed by atoms with van der Waals surface area (Å²) in [5, 5.41) is 0. The Morgan fingerprint density at radius 2 is 1.16 bits per heavy atom. The monoisotopic (exact) mass is 558 g/mol. The van der Waals surface area contributed by atoms with E-state index in [1.807, 2.05) is 0 Å². The summed E-state index contributed by atoms with van der Waals surface area (Å²) in [5.41, 5.74) is 5.38. The molecule has 0 saturated heterocycles. The molecule has 2 aliphatic heterocycles. The maximum atomic E-state index is 5.88. The van der Waals surface area contributed by atoms with Gasteiger partial charge in [-0.15, -0.1) is 0 Å². The van der Waals surface area contributed by atoms with E-state index in [0.717, 1.165) is 29.3 Å². The van der Waals surface area contributed by atoms with E-state index >= 15 is 0 Å². The van der Waals surface area contributed by atoms with Crippen molar-refractivity contribution in [3.05, 3.63) is 107 Å². The predicted molar refractivity (Wildman–Crippen MR) is 155 cm³/mol. The van der Waals surface area contributed by atoms with Crippen molar-refractivity contribution in [2.75, 3.05) is 13.2 Å². The number of benzene rings is 3. The van der Waals surface area contributed by atoms with Crippen LogP contribution in [0.15, 0.2) is 88.8 Å². The summed E-state index contributed by atoms with van der Waals surface area (Å²) < 4.78 is 11.4. The molecule has 3 aromatic rings. The summed E-state index contributed by atoms with van der Waals surface area (Å²) in [4.78, 5) is 9.49. The van der Waals surface area contributed by atoms with Crippen LogP contribution in [-0.2, 0) is 13.8 Å². The number of rotatable bonds is 7. The second kappa shape index (κ2) is 9.75. The first-order valence-corrected chi connectivity index (χ1v) is 13.8. The fourth-order valence-corrected chi connectivity index (χ4v) is 5.96. The molecule has 2 aliphatic rings. The Bertz CT molecular complexity index is 1230. The van der Waals surface area contributed by atoms with Crippen LogP contribution in [0.5, 0.6) is 0 Å². The van der Waals surface area contributed by atoms with Gasteiger partial charge in [0.25, 0.3) is 0 Å². The molecule has 0 aliphatic carbocycles. The molecule has 0 fully saturated rings. The van der Waals surface area contributed by atoms with Crippen LogP contribution >= 0.6 is 15.9 Å². The van der Waals surface area contributed by atoms with Gasteiger partial charge in [-0.3, -0.25) is 0 Å². The minimum atomic E-state index is -0.380. The zero-order chi connectivity index (χ0) is 26.3. The summed E-state index contributed by atoms with van der Waals surface area (Å²) in [6.07, 6.45) is 0.894. The molecule has 5 heteroatoms. The molecule has 192 valence electrons. The standard InChI is InChI=1S/C32H35BrN2O2/c1-22(23-9-7-6-8-10-23)19-32(33,26-15-11-24(12-16-26)28-34-30(2,3)20-36-28)27-17-13-25(14-18-27)29-35-31(4,5)21-37-29/h6-18,22H,19-21H2,1-5H3. The van der Waals surface area contributed by atoms with Crippen molar-refractivity contribution in [3.8, 4) is 0 Å². The van der Waals surface area contributed by atoms with E-state index in [-0.39, 0.29) is 15.4 Å². The Labute approximate surface area is 229 Å². The average molecular weight is 560 g/mol. The third kappa shape index (κ3) is 5.52. The van der Waals surface area contributed by atoms with Gasteiger partial charge in [0.05, 0.1) is 15.4 Å². The first-order chi connectivity index (χ1) is 17.5. The quantitative estimate of drug-likeness (QED) is 0.280. The third-order valence-corrected chi connectivity index (χ3v) is 8.31. The predicted octanol–water partition coefficient (Wildman–Crippen LogP) is 7.63. The zero-order valence-electron chi connectivity index (χ0n) is 22.3. The van der Waals surface area contributed by atoms with Gasteiger partial charge >= 0.3 is 0 Å². The molecule has 0 bridgehead atoms. The van der Waals surface area contributed by atoms with Gasteiger partial charge < -0.3 is 9.47 Å². The molecule has 4 nitrogen and oxygen atoms in total. The number of hydrogen-bond donors (Lipinski definition) is 0. The van der Waals surface area contributed by atoms with Gasteiger partial charge in [0.15, 0.2) is 0 Å². The molecule has 0 amide bonds. The van der Waals surface area contributed by atoms with Crippen LogP contribution in [0.25, 0.3) is 0 Å². The lowest BCUT2D eigenvalue weighted by Gasteiger charge is -2.32. The van der Waals surface area contributed by atoms with Gasteiger partial charge in [0.1, 0.15) is 13.2 Å². The van der Waals surface area contributed by atoms with Gasteiger partial charge in [0, 0.05) is 11.1 Å². The lowest BCUT2D eigenvalue weighted by Crippen LogP contribution is -2.23. The molecule has 37 heavy (non-hydrogen) atoms. The van der Waals surface area contributed by atoms with Crippen LogP contribution in [0.1, 0.15) is 74.8 Å². The lowest BCUT2D eigenvalue weighted by molar-refractivity contribution is 0.279. The molecule has 0 aromatic heterocycles. The van der Waals surface area contributed by atoms with Crippen LogP contribution in [-0.4, -0.2) is 36.1 Å². The van der Waals surface area contributed by atoms with Crippen molar-refractivity contribution in [2.24, 2.45) is 9.98 Å². The van der Waals surface area contributed by atoms with Crippen molar-refractivity contribution in [3.63, 3.8) is 0 Å². The molecule has 2 heterocycles. The first kappa shape index (κ1) is 25.7. The number of hydrogen-bond acceptors (Lipinski definition) is 4. The van der Waals surface area contributed by atoms with Gasteiger partial charge in [-0.1, -0.05) is 77.5 Å². The molecule has 5 rings (SSSR count). The molecule has 0 N–H and O–H groups in total. The summed E-state index contributed by atoms with van der Waals surface area (Å²) in [6, 6.07) is 28.0. The highest BCUT2D eigenvalue weighted by molar-refractivity contribution is 9.09. The first-order valence-electron chi connectivity index (χ1n) is 13.0. The number of halogens is 1. The smallest absolute Gasteiger partial charge is 0.216 e. The van der Waals surface area contributed by atoms with Gasteiger partial charge in [0.2, 0.25) is 11.8 Å². The second-order valence-corrected chi connectivity index (χ2v) is 12.9. The molecule has 0 spiro atoms. The highest BCUT2D eigenvalue weighted by Crippen LogP contribution is 2.46. The third-order valence-electron chi connectivity index (χ3n) is 7.07. The topological polar surface area (TPSA) is 43.2 Å². The van der Waals surface area contributed by atoms with Crippen molar-refractivity contribution in [1.29, 1.82) is 0 Å². The molecule has 3 aromatic carbocycles. The van der Waals surface area contributed by atoms with E-state index in [2.05, 4.69) is 129 Å². The van der Waals surface area contributed by atoms with Crippen LogP contribution in [0.4, 0.5) is 0 Å². The van der Waals surface area contributed by atoms with Crippen LogP contribution < -0.4 is 0 Å². The molecule has 1 atom stereocenters. The van der Waals surface area contributed by atoms with E-state index in [1.54, 1.807) is 0 Å². The molecule has 1 unspecified atom stereocenters. The normalized spacial score (nSPS) is 19.0. The van der Waals surface area contributed by atoms with Gasteiger partial charge in [-0.05, 0) is 81.0 Å². The number of alkyl halides is 1. The Morgan fingerprint density at radius 3 is 1.54 bits per heavy atom. The highest BCUT2D eigenvalue weighted by atomic mass is 79.9. The lowest BCUT2D eigenvalue weighted by atomic mass is 9.81. The summed E-state index contributed by atoms with van der Waals surface area (Å²) in [6.45, 7) is 11.9. The Hall–Kier alpha value is -2.92. The average Bonchev–Trinajstić information content (AvgIpc) is 3.45. The van der Waals surface area contributed by atoms with Gasteiger partial charge in [-0.2, -0.15) is 0 Å². The Balaban J connectivity index is 1.49. The van der Waals surface area contributed by atoms with Crippen molar-refractivity contribution >= 4 is 27.7 Å². The maximum Gasteiger partial charge on any atom is 0.216 e. The van der Waals surface area contributed by atoms with E-state index in [1.165, 1.54) is 16.7 Å². The zero-order valence-corrected chi connectivity index (χ0v) is 23.9. The SMILES string of the molecule is CC(CC(Br)(c1ccc(C2=NC(C)(C)CO2)cc1)c1ccc(C2=NC(C)(C)CO2)cc1)c1ccccc1. The van der Waals surface area contributed by atoms with E-state index in [0.29, 0.717) is 19.1 Å². The summed E-state index contributed by atoms with van der Waals surface area (Å²) in [5.74, 6) is 1.78. The summed E-state index contributed by atoms with van der Waals surface area (Å²) >= 11 is 4.23. The van der Waals surface area contributed by atoms with Crippen LogP contribution in [0, 0.1) is 0 Å². The van der Waals surface area contributed by atoms with E-state index in [9.17, 15) is 0 Å². The van der Waals surface area contributed by atoms with Gasteiger partial charge in [-0.25, -0.2) is 9.98 Å².